The van der Waals surface area contributed by atoms with Gasteiger partial charge in [-0.05, 0) is 28.2 Å². The van der Waals surface area contributed by atoms with E-state index in [9.17, 15) is 4.79 Å². The minimum Gasteiger partial charge on any atom is -0.353 e. The molecule has 0 aromatic rings. The van der Waals surface area contributed by atoms with Gasteiger partial charge in [0.1, 0.15) is 6.04 Å². The van der Waals surface area contributed by atoms with Crippen molar-refractivity contribution in [1.82, 2.24) is 15.1 Å². The fourth-order valence-corrected chi connectivity index (χ4v) is 1.06. The fraction of sp³-hybridized carbons (Fsp3) is 0.700. The lowest BCUT2D eigenvalue weighted by molar-refractivity contribution is -0.124. The Morgan fingerprint density at radius 1 is 1.43 bits per heavy atom. The number of likely N-dealkylation sites (N-methyl/N-ethyl adjacent to an activating group) is 2. The van der Waals surface area contributed by atoms with E-state index in [0.29, 0.717) is 6.54 Å². The summed E-state index contributed by atoms with van der Waals surface area (Å²) >= 11 is 0. The number of hydrogen-bond acceptors (Lipinski definition) is 3. The molecule has 0 aliphatic rings. The second kappa shape index (κ2) is 6.56. The quantitative estimate of drug-likeness (QED) is 0.601. The van der Waals surface area contributed by atoms with Gasteiger partial charge in [-0.1, -0.05) is 6.08 Å². The zero-order chi connectivity index (χ0) is 11.1. The first kappa shape index (κ1) is 13.1. The minimum absolute atomic E-state index is 0.00634. The van der Waals surface area contributed by atoms with Crippen LogP contribution in [0.4, 0.5) is 0 Å². The van der Waals surface area contributed by atoms with Gasteiger partial charge in [-0.3, -0.25) is 9.69 Å². The molecule has 1 atom stereocenters. The highest BCUT2D eigenvalue weighted by Gasteiger charge is 2.15. The summed E-state index contributed by atoms with van der Waals surface area (Å²) in [5, 5.41) is 2.85. The molecule has 1 N–H and O–H groups in total. The Hall–Kier alpha value is -0.870. The molecular formula is C10H21N3O. The molecule has 0 saturated carbocycles. The van der Waals surface area contributed by atoms with Crippen molar-refractivity contribution < 1.29 is 4.79 Å². The van der Waals surface area contributed by atoms with E-state index in [4.69, 9.17) is 0 Å². The third-order valence-corrected chi connectivity index (χ3v) is 1.91. The average molecular weight is 199 g/mol. The van der Waals surface area contributed by atoms with E-state index in [2.05, 4.69) is 11.9 Å². The zero-order valence-electron chi connectivity index (χ0n) is 9.58. The molecular weight excluding hydrogens is 178 g/mol. The van der Waals surface area contributed by atoms with Crippen LogP contribution in [0.2, 0.25) is 0 Å². The van der Waals surface area contributed by atoms with E-state index in [1.807, 2.05) is 38.0 Å². The van der Waals surface area contributed by atoms with Gasteiger partial charge >= 0.3 is 0 Å². The van der Waals surface area contributed by atoms with Gasteiger partial charge in [0.2, 0.25) is 5.91 Å². The van der Waals surface area contributed by atoms with Crippen LogP contribution < -0.4 is 5.32 Å². The van der Waals surface area contributed by atoms with Gasteiger partial charge in [0.15, 0.2) is 0 Å². The summed E-state index contributed by atoms with van der Waals surface area (Å²) in [5.41, 5.74) is 0. The highest BCUT2D eigenvalue weighted by molar-refractivity contribution is 5.83. The van der Waals surface area contributed by atoms with Crippen molar-refractivity contribution in [3.8, 4) is 0 Å². The molecule has 4 heteroatoms. The molecule has 0 aromatic heterocycles. The normalized spacial score (nSPS) is 13.0. The van der Waals surface area contributed by atoms with Crippen molar-refractivity contribution in [1.29, 1.82) is 0 Å². The number of amides is 1. The van der Waals surface area contributed by atoms with Gasteiger partial charge in [0.25, 0.3) is 0 Å². The summed E-state index contributed by atoms with van der Waals surface area (Å²) in [6.45, 7) is 5.15. The first-order valence-electron chi connectivity index (χ1n) is 4.70. The Kier molecular flexibility index (Phi) is 6.16. The number of carbonyl (C=O) groups is 1. The van der Waals surface area contributed by atoms with Gasteiger partial charge < -0.3 is 10.2 Å². The minimum atomic E-state index is -0.239. The Bertz CT molecular complexity index is 190. The van der Waals surface area contributed by atoms with Crippen LogP contribution in [0.25, 0.3) is 0 Å². The number of nitrogens with zero attached hydrogens (tertiary/aromatic N) is 2. The van der Waals surface area contributed by atoms with Gasteiger partial charge in [-0.15, -0.1) is 6.58 Å². The van der Waals surface area contributed by atoms with Gasteiger partial charge in [0.05, 0.1) is 0 Å². The Labute approximate surface area is 86.6 Å². The van der Waals surface area contributed by atoms with Gasteiger partial charge in [0, 0.05) is 13.1 Å². The summed E-state index contributed by atoms with van der Waals surface area (Å²) in [6, 6.07) is -0.239. The number of hydrogen-bond donors (Lipinski definition) is 1. The lowest BCUT2D eigenvalue weighted by Crippen LogP contribution is -2.43. The molecule has 0 fully saturated rings. The monoisotopic (exact) mass is 199 g/mol. The SMILES string of the molecule is C=C[C@H](C(=O)NCCN(C)C)N(C)C. The molecule has 0 heterocycles. The van der Waals surface area contributed by atoms with E-state index in [0.717, 1.165) is 6.54 Å². The van der Waals surface area contributed by atoms with Crippen LogP contribution in [0.1, 0.15) is 0 Å². The third kappa shape index (κ3) is 4.99. The van der Waals surface area contributed by atoms with Crippen molar-refractivity contribution in [2.24, 2.45) is 0 Å². The first-order valence-corrected chi connectivity index (χ1v) is 4.70. The lowest BCUT2D eigenvalue weighted by atomic mass is 10.2. The summed E-state index contributed by atoms with van der Waals surface area (Å²) < 4.78 is 0. The molecule has 0 bridgehead atoms. The maximum Gasteiger partial charge on any atom is 0.241 e. The van der Waals surface area contributed by atoms with Crippen molar-refractivity contribution >= 4 is 5.91 Å². The molecule has 0 aliphatic carbocycles. The Morgan fingerprint density at radius 2 is 2.00 bits per heavy atom. The van der Waals surface area contributed by atoms with Crippen molar-refractivity contribution in [2.75, 3.05) is 41.3 Å². The van der Waals surface area contributed by atoms with E-state index in [-0.39, 0.29) is 11.9 Å². The van der Waals surface area contributed by atoms with E-state index in [1.165, 1.54) is 0 Å². The molecule has 0 saturated heterocycles. The maximum absolute atomic E-state index is 11.6. The van der Waals surface area contributed by atoms with Crippen LogP contribution in [0, 0.1) is 0 Å². The second-order valence-electron chi connectivity index (χ2n) is 3.74. The Morgan fingerprint density at radius 3 is 2.36 bits per heavy atom. The van der Waals surface area contributed by atoms with E-state index in [1.54, 1.807) is 6.08 Å². The number of rotatable bonds is 6. The van der Waals surface area contributed by atoms with Crippen LogP contribution >= 0.6 is 0 Å². The summed E-state index contributed by atoms with van der Waals surface area (Å²) in [4.78, 5) is 15.4. The molecule has 0 rings (SSSR count). The molecule has 4 nitrogen and oxygen atoms in total. The zero-order valence-corrected chi connectivity index (χ0v) is 9.58. The second-order valence-corrected chi connectivity index (χ2v) is 3.74. The fourth-order valence-electron chi connectivity index (χ4n) is 1.06. The molecule has 0 aliphatic heterocycles. The lowest BCUT2D eigenvalue weighted by Gasteiger charge is -2.20. The van der Waals surface area contributed by atoms with Crippen LogP contribution in [0.15, 0.2) is 12.7 Å². The third-order valence-electron chi connectivity index (χ3n) is 1.91. The van der Waals surface area contributed by atoms with Gasteiger partial charge in [-0.25, -0.2) is 0 Å². The largest absolute Gasteiger partial charge is 0.353 e. The summed E-state index contributed by atoms with van der Waals surface area (Å²) in [5.74, 6) is 0.00634. The first-order chi connectivity index (χ1) is 6.49. The summed E-state index contributed by atoms with van der Waals surface area (Å²) in [7, 11) is 7.67. The average Bonchev–Trinajstić information content (AvgIpc) is 2.03. The standard InChI is InChI=1S/C10H21N3O/c1-6-9(13(4)5)10(14)11-7-8-12(2)3/h6,9H,1,7-8H2,2-5H3,(H,11,14)/t9-/m1/s1. The molecule has 0 unspecified atom stereocenters. The predicted molar refractivity (Wildman–Crippen MR) is 59.2 cm³/mol. The topological polar surface area (TPSA) is 35.6 Å². The number of carbonyl (C=O) groups excluding carboxylic acids is 1. The molecule has 0 radical (unpaired) electrons. The smallest absolute Gasteiger partial charge is 0.241 e. The van der Waals surface area contributed by atoms with Crippen LogP contribution in [0.3, 0.4) is 0 Å². The van der Waals surface area contributed by atoms with E-state index >= 15 is 0 Å². The van der Waals surface area contributed by atoms with Crippen molar-refractivity contribution in [3.63, 3.8) is 0 Å². The van der Waals surface area contributed by atoms with E-state index < -0.39 is 0 Å². The predicted octanol–water partition coefficient (Wildman–Crippen LogP) is -0.220. The molecule has 0 spiro atoms. The molecule has 14 heavy (non-hydrogen) atoms. The molecule has 82 valence electrons. The van der Waals surface area contributed by atoms with Crippen molar-refractivity contribution in [2.45, 2.75) is 6.04 Å². The Balaban J connectivity index is 3.87. The van der Waals surface area contributed by atoms with Crippen LogP contribution in [0.5, 0.6) is 0 Å². The molecule has 1 amide bonds. The van der Waals surface area contributed by atoms with Crippen LogP contribution in [-0.4, -0.2) is 63.0 Å². The molecule has 0 aromatic carbocycles. The van der Waals surface area contributed by atoms with Crippen molar-refractivity contribution in [3.05, 3.63) is 12.7 Å². The summed E-state index contributed by atoms with van der Waals surface area (Å²) in [6.07, 6.45) is 1.64. The number of nitrogens with one attached hydrogen (secondary N) is 1. The highest BCUT2D eigenvalue weighted by Crippen LogP contribution is 1.93. The van der Waals surface area contributed by atoms with Gasteiger partial charge in [-0.2, -0.15) is 0 Å². The highest BCUT2D eigenvalue weighted by atomic mass is 16.2. The maximum atomic E-state index is 11.6. The van der Waals surface area contributed by atoms with Crippen LogP contribution in [-0.2, 0) is 4.79 Å².